The molecule has 0 aliphatic rings. The van der Waals surface area contributed by atoms with E-state index in [1.165, 1.54) is 0 Å². The molecule has 0 bridgehead atoms. The number of nitrogens with two attached hydrogens (primary N) is 1. The SMILES string of the molecule is CCC(NC(=O)C(N)CS)C(=O)NCCOC(C)(C)CCOC(C)(C)CCCNC=O. The lowest BCUT2D eigenvalue weighted by molar-refractivity contribution is -0.129. The fourth-order valence-electron chi connectivity index (χ4n) is 2.73. The van der Waals surface area contributed by atoms with Gasteiger partial charge in [-0.05, 0) is 53.4 Å². The molecule has 0 radical (unpaired) electrons. The molecule has 2 unspecified atom stereocenters. The fraction of sp³-hybridized carbons (Fsp3) is 0.857. The smallest absolute Gasteiger partial charge is 0.242 e. The Bertz CT molecular complexity index is 546. The highest BCUT2D eigenvalue weighted by molar-refractivity contribution is 7.80. The third-order valence-corrected chi connectivity index (χ3v) is 5.24. The molecule has 0 saturated carbocycles. The summed E-state index contributed by atoms with van der Waals surface area (Å²) < 4.78 is 11.9. The van der Waals surface area contributed by atoms with Crippen molar-refractivity contribution in [3.8, 4) is 0 Å². The van der Waals surface area contributed by atoms with Gasteiger partial charge < -0.3 is 31.2 Å². The summed E-state index contributed by atoms with van der Waals surface area (Å²) in [6.45, 7) is 11.7. The minimum Gasteiger partial charge on any atom is -0.375 e. The van der Waals surface area contributed by atoms with Crippen molar-refractivity contribution in [2.45, 2.75) is 83.6 Å². The quantitative estimate of drug-likeness (QED) is 0.116. The number of carbonyl (C=O) groups excluding carboxylic acids is 3. The van der Waals surface area contributed by atoms with Crippen LogP contribution in [0.4, 0.5) is 0 Å². The highest BCUT2D eigenvalue weighted by Crippen LogP contribution is 2.20. The number of hydrogen-bond acceptors (Lipinski definition) is 7. The molecule has 0 aliphatic heterocycles. The number of thiol groups is 1. The van der Waals surface area contributed by atoms with Gasteiger partial charge in [0, 0.05) is 18.8 Å². The second kappa shape index (κ2) is 15.4. The third kappa shape index (κ3) is 14.3. The van der Waals surface area contributed by atoms with Crippen LogP contribution in [0.1, 0.15) is 60.3 Å². The minimum absolute atomic E-state index is 0.213. The molecule has 0 fully saturated rings. The lowest BCUT2D eigenvalue weighted by Crippen LogP contribution is -2.52. The first kappa shape index (κ1) is 29.6. The van der Waals surface area contributed by atoms with Crippen molar-refractivity contribution in [2.75, 3.05) is 32.1 Å². The monoisotopic (exact) mass is 462 g/mol. The summed E-state index contributed by atoms with van der Waals surface area (Å²) in [6, 6.07) is -1.38. The maximum atomic E-state index is 12.3. The van der Waals surface area contributed by atoms with E-state index in [0.29, 0.717) is 45.6 Å². The molecule has 10 heteroatoms. The van der Waals surface area contributed by atoms with Gasteiger partial charge in [-0.1, -0.05) is 6.92 Å². The summed E-state index contributed by atoms with van der Waals surface area (Å²) in [5.41, 5.74) is 4.95. The van der Waals surface area contributed by atoms with E-state index in [0.717, 1.165) is 12.8 Å². The number of rotatable bonds is 18. The van der Waals surface area contributed by atoms with Gasteiger partial charge in [0.2, 0.25) is 18.2 Å². The zero-order valence-corrected chi connectivity index (χ0v) is 20.6. The summed E-state index contributed by atoms with van der Waals surface area (Å²) in [5.74, 6) is -0.444. The van der Waals surface area contributed by atoms with Crippen molar-refractivity contribution >= 4 is 30.9 Å². The van der Waals surface area contributed by atoms with Gasteiger partial charge >= 0.3 is 0 Å². The van der Waals surface area contributed by atoms with Crippen LogP contribution in [-0.4, -0.2) is 73.6 Å². The topological polar surface area (TPSA) is 132 Å². The van der Waals surface area contributed by atoms with Crippen molar-refractivity contribution in [1.82, 2.24) is 16.0 Å². The van der Waals surface area contributed by atoms with E-state index in [9.17, 15) is 14.4 Å². The van der Waals surface area contributed by atoms with Crippen molar-refractivity contribution in [2.24, 2.45) is 5.73 Å². The molecule has 0 aliphatic carbocycles. The van der Waals surface area contributed by atoms with Crippen molar-refractivity contribution in [3.63, 3.8) is 0 Å². The molecule has 0 aromatic rings. The van der Waals surface area contributed by atoms with Crippen LogP contribution in [0.3, 0.4) is 0 Å². The van der Waals surface area contributed by atoms with E-state index >= 15 is 0 Å². The minimum atomic E-state index is -0.741. The maximum Gasteiger partial charge on any atom is 0.242 e. The zero-order valence-electron chi connectivity index (χ0n) is 19.7. The van der Waals surface area contributed by atoms with E-state index in [2.05, 4.69) is 28.6 Å². The zero-order chi connectivity index (χ0) is 23.9. The van der Waals surface area contributed by atoms with Gasteiger partial charge in [0.15, 0.2) is 0 Å². The molecule has 0 heterocycles. The van der Waals surface area contributed by atoms with Crippen LogP contribution in [0.25, 0.3) is 0 Å². The highest BCUT2D eigenvalue weighted by atomic mass is 32.1. The molecule has 0 rings (SSSR count). The van der Waals surface area contributed by atoms with Gasteiger partial charge in [-0.3, -0.25) is 14.4 Å². The Labute approximate surface area is 192 Å². The van der Waals surface area contributed by atoms with Crippen LogP contribution in [0.5, 0.6) is 0 Å². The largest absolute Gasteiger partial charge is 0.375 e. The molecule has 9 nitrogen and oxygen atoms in total. The van der Waals surface area contributed by atoms with Crippen LogP contribution in [0.2, 0.25) is 0 Å². The standard InChI is InChI=1S/C21H42N4O5S/c1-6-17(25-18(27)16(22)14-31)19(28)24-11-13-30-21(4,5)9-12-29-20(2,3)8-7-10-23-15-26/h15-17,31H,6-14,22H2,1-5H3,(H,23,26)(H,24,28)(H,25,27). The molecular weight excluding hydrogens is 420 g/mol. The van der Waals surface area contributed by atoms with Crippen LogP contribution in [-0.2, 0) is 23.9 Å². The van der Waals surface area contributed by atoms with Gasteiger partial charge in [-0.25, -0.2) is 0 Å². The fourth-order valence-corrected chi connectivity index (χ4v) is 2.90. The summed E-state index contributed by atoms with van der Waals surface area (Å²) >= 11 is 3.99. The van der Waals surface area contributed by atoms with E-state index < -0.39 is 23.6 Å². The molecular formula is C21H42N4O5S. The van der Waals surface area contributed by atoms with Gasteiger partial charge in [0.1, 0.15) is 6.04 Å². The van der Waals surface area contributed by atoms with Gasteiger partial charge in [0.25, 0.3) is 0 Å². The molecule has 2 atom stereocenters. The summed E-state index contributed by atoms with van der Waals surface area (Å²) in [7, 11) is 0. The van der Waals surface area contributed by atoms with Gasteiger partial charge in [-0.2, -0.15) is 12.6 Å². The Balaban J connectivity index is 4.18. The summed E-state index contributed by atoms with van der Waals surface area (Å²) in [6.07, 6.45) is 3.56. The van der Waals surface area contributed by atoms with Gasteiger partial charge in [-0.15, -0.1) is 0 Å². The Morgan fingerprint density at radius 3 is 2.23 bits per heavy atom. The van der Waals surface area contributed by atoms with E-state index in [1.807, 2.05) is 34.6 Å². The van der Waals surface area contributed by atoms with Crippen LogP contribution in [0.15, 0.2) is 0 Å². The van der Waals surface area contributed by atoms with Crippen molar-refractivity contribution < 1.29 is 23.9 Å². The number of ether oxygens (including phenoxy) is 2. The molecule has 31 heavy (non-hydrogen) atoms. The Morgan fingerprint density at radius 1 is 1.03 bits per heavy atom. The number of hydrogen-bond donors (Lipinski definition) is 5. The van der Waals surface area contributed by atoms with Crippen LogP contribution < -0.4 is 21.7 Å². The second-order valence-corrected chi connectivity index (χ2v) is 9.06. The summed E-state index contributed by atoms with van der Waals surface area (Å²) in [4.78, 5) is 34.4. The number of nitrogens with one attached hydrogen (secondary N) is 3. The number of amides is 3. The molecule has 182 valence electrons. The van der Waals surface area contributed by atoms with Crippen molar-refractivity contribution in [3.05, 3.63) is 0 Å². The third-order valence-electron chi connectivity index (χ3n) is 4.85. The Morgan fingerprint density at radius 2 is 1.65 bits per heavy atom. The van der Waals surface area contributed by atoms with E-state index in [-0.39, 0.29) is 17.3 Å². The van der Waals surface area contributed by atoms with Crippen LogP contribution in [0, 0.1) is 0 Å². The van der Waals surface area contributed by atoms with Crippen LogP contribution >= 0.6 is 12.6 Å². The average molecular weight is 463 g/mol. The van der Waals surface area contributed by atoms with Gasteiger partial charge in [0.05, 0.1) is 30.5 Å². The normalized spacial score (nSPS) is 13.9. The summed E-state index contributed by atoms with van der Waals surface area (Å²) in [5, 5.41) is 8.07. The predicted molar refractivity (Wildman–Crippen MR) is 125 cm³/mol. The first-order valence-electron chi connectivity index (χ1n) is 10.9. The molecule has 0 aromatic carbocycles. The molecule has 0 saturated heterocycles. The average Bonchev–Trinajstić information content (AvgIpc) is 2.71. The Kier molecular flexibility index (Phi) is 14.8. The predicted octanol–water partition coefficient (Wildman–Crippen LogP) is 0.761. The first-order chi connectivity index (χ1) is 14.5. The molecule has 5 N–H and O–H groups in total. The molecule has 0 aromatic heterocycles. The van der Waals surface area contributed by atoms with E-state index in [1.54, 1.807) is 0 Å². The van der Waals surface area contributed by atoms with Crippen molar-refractivity contribution in [1.29, 1.82) is 0 Å². The lowest BCUT2D eigenvalue weighted by Gasteiger charge is -2.30. The lowest BCUT2D eigenvalue weighted by atomic mass is 10.0. The second-order valence-electron chi connectivity index (χ2n) is 8.69. The highest BCUT2D eigenvalue weighted by Gasteiger charge is 2.24. The molecule has 0 spiro atoms. The first-order valence-corrected chi connectivity index (χ1v) is 11.5. The number of carbonyl (C=O) groups is 3. The maximum absolute atomic E-state index is 12.3. The van der Waals surface area contributed by atoms with E-state index in [4.69, 9.17) is 15.2 Å². The molecule has 3 amide bonds. The Hall–Kier alpha value is -1.36.